The lowest BCUT2D eigenvalue weighted by Crippen LogP contribution is -2.38. The number of carboxylic acid groups (broad SMARTS) is 1. The Morgan fingerprint density at radius 2 is 2.00 bits per heavy atom. The number of carbonyl (C=O) groups is 1. The number of rotatable bonds is 6. The summed E-state index contributed by atoms with van der Waals surface area (Å²) in [5.74, 6) is -1.22. The lowest BCUT2D eigenvalue weighted by molar-refractivity contribution is 0.0692. The third-order valence-corrected chi connectivity index (χ3v) is 4.62. The fourth-order valence-electron chi connectivity index (χ4n) is 1.90. The van der Waals surface area contributed by atoms with Gasteiger partial charge in [0.2, 0.25) is 10.0 Å². The summed E-state index contributed by atoms with van der Waals surface area (Å²) in [6.07, 6.45) is 0.619. The molecule has 6 nitrogen and oxygen atoms in total. The van der Waals surface area contributed by atoms with E-state index < -0.39 is 16.0 Å². The van der Waals surface area contributed by atoms with Gasteiger partial charge in [0.25, 0.3) is 0 Å². The molecule has 0 spiro atoms. The topological polar surface area (TPSA) is 109 Å². The summed E-state index contributed by atoms with van der Waals surface area (Å²) in [4.78, 5) is 10.9. The van der Waals surface area contributed by atoms with Crippen molar-refractivity contribution in [2.24, 2.45) is 5.92 Å². The van der Waals surface area contributed by atoms with Crippen molar-refractivity contribution in [3.8, 4) is 0 Å². The number of hydrogen-bond donors (Lipinski definition) is 3. The predicted molar refractivity (Wildman–Crippen MR) is 77.1 cm³/mol. The van der Waals surface area contributed by atoms with Gasteiger partial charge in [0.05, 0.1) is 10.5 Å². The molecule has 0 saturated carbocycles. The van der Waals surface area contributed by atoms with Crippen molar-refractivity contribution in [2.45, 2.75) is 38.1 Å². The number of benzene rings is 1. The molecule has 0 heterocycles. The smallest absolute Gasteiger partial charge is 0.337 e. The Morgan fingerprint density at radius 3 is 2.45 bits per heavy atom. The van der Waals surface area contributed by atoms with Gasteiger partial charge >= 0.3 is 5.97 Å². The lowest BCUT2D eigenvalue weighted by Gasteiger charge is -2.21. The highest BCUT2D eigenvalue weighted by atomic mass is 32.2. The molecule has 0 aliphatic rings. The molecule has 112 valence electrons. The van der Waals surface area contributed by atoms with Crippen molar-refractivity contribution >= 4 is 21.7 Å². The summed E-state index contributed by atoms with van der Waals surface area (Å²) < 4.78 is 27.2. The van der Waals surface area contributed by atoms with Crippen LogP contribution in [0.1, 0.15) is 37.6 Å². The summed E-state index contributed by atoms with van der Waals surface area (Å²) in [6, 6.07) is 3.48. The first-order valence-electron chi connectivity index (χ1n) is 6.34. The lowest BCUT2D eigenvalue weighted by atomic mass is 10.0. The molecule has 7 heteroatoms. The van der Waals surface area contributed by atoms with E-state index in [2.05, 4.69) is 4.72 Å². The van der Waals surface area contributed by atoms with Crippen LogP contribution in [-0.2, 0) is 10.0 Å². The van der Waals surface area contributed by atoms with E-state index >= 15 is 0 Å². The Kier molecular flexibility index (Phi) is 5.13. The largest absolute Gasteiger partial charge is 0.478 e. The minimum atomic E-state index is -3.90. The van der Waals surface area contributed by atoms with E-state index in [1.807, 2.05) is 20.8 Å². The Bertz CT molecular complexity index is 596. The van der Waals surface area contributed by atoms with E-state index in [1.165, 1.54) is 12.1 Å². The summed E-state index contributed by atoms with van der Waals surface area (Å²) in [7, 11) is -3.90. The number of sulfonamides is 1. The van der Waals surface area contributed by atoms with Crippen molar-refractivity contribution in [2.75, 3.05) is 5.73 Å². The summed E-state index contributed by atoms with van der Waals surface area (Å²) in [5, 5.41) is 9.11. The first-order valence-corrected chi connectivity index (χ1v) is 7.82. The van der Waals surface area contributed by atoms with Crippen molar-refractivity contribution in [3.63, 3.8) is 0 Å². The highest BCUT2D eigenvalue weighted by Crippen LogP contribution is 2.20. The van der Waals surface area contributed by atoms with Gasteiger partial charge in [-0.2, -0.15) is 0 Å². The van der Waals surface area contributed by atoms with Crippen LogP contribution in [0.2, 0.25) is 0 Å². The van der Waals surface area contributed by atoms with Crippen LogP contribution in [0, 0.1) is 5.92 Å². The van der Waals surface area contributed by atoms with E-state index in [4.69, 9.17) is 10.8 Å². The van der Waals surface area contributed by atoms with Gasteiger partial charge < -0.3 is 10.8 Å². The van der Waals surface area contributed by atoms with Crippen LogP contribution in [0.3, 0.4) is 0 Å². The maximum Gasteiger partial charge on any atom is 0.337 e. The molecule has 0 aliphatic carbocycles. The molecule has 0 amide bonds. The molecule has 0 bridgehead atoms. The fraction of sp³-hybridized carbons (Fsp3) is 0.462. The zero-order chi connectivity index (χ0) is 15.5. The molecule has 20 heavy (non-hydrogen) atoms. The number of nitrogens with two attached hydrogens (primary N) is 1. The molecular formula is C13H20N2O4S. The van der Waals surface area contributed by atoms with E-state index in [0.29, 0.717) is 6.42 Å². The third kappa shape index (κ3) is 3.71. The normalized spacial score (nSPS) is 13.4. The Hall–Kier alpha value is -1.60. The maximum absolute atomic E-state index is 12.3. The van der Waals surface area contributed by atoms with Crippen molar-refractivity contribution in [1.29, 1.82) is 0 Å². The van der Waals surface area contributed by atoms with Gasteiger partial charge in [-0.1, -0.05) is 20.8 Å². The van der Waals surface area contributed by atoms with Gasteiger partial charge in [-0.25, -0.2) is 17.9 Å². The summed E-state index contributed by atoms with van der Waals surface area (Å²) in [5.41, 5.74) is 5.39. The molecule has 0 aromatic heterocycles. The van der Waals surface area contributed by atoms with Gasteiger partial charge in [0.15, 0.2) is 0 Å². The predicted octanol–water partition coefficient (Wildman–Crippen LogP) is 1.68. The van der Waals surface area contributed by atoms with Gasteiger partial charge in [0, 0.05) is 11.7 Å². The molecule has 1 aromatic rings. The number of nitrogen functional groups attached to an aromatic ring is 1. The van der Waals surface area contributed by atoms with Gasteiger partial charge in [-0.3, -0.25) is 0 Å². The van der Waals surface area contributed by atoms with Crippen molar-refractivity contribution in [3.05, 3.63) is 23.8 Å². The number of nitrogens with one attached hydrogen (secondary N) is 1. The number of aromatic carboxylic acids is 1. The van der Waals surface area contributed by atoms with E-state index in [1.54, 1.807) is 0 Å². The molecule has 1 unspecified atom stereocenters. The fourth-order valence-corrected chi connectivity index (χ4v) is 3.55. The minimum absolute atomic E-state index is 0.108. The molecule has 4 N–H and O–H groups in total. The van der Waals surface area contributed by atoms with Crippen LogP contribution in [0.25, 0.3) is 0 Å². The standard InChI is InChI=1S/C13H20N2O4S/c1-4-11(8(2)3)15-20(18,19)12-6-5-9(14)7-10(12)13(16)17/h5-8,11,15H,4,14H2,1-3H3,(H,16,17). The van der Waals surface area contributed by atoms with E-state index in [-0.39, 0.29) is 28.1 Å². The molecule has 1 aromatic carbocycles. The highest BCUT2D eigenvalue weighted by Gasteiger charge is 2.26. The second-order valence-electron chi connectivity index (χ2n) is 4.94. The molecule has 0 aliphatic heterocycles. The van der Waals surface area contributed by atoms with Crippen LogP contribution < -0.4 is 10.5 Å². The summed E-state index contributed by atoms with van der Waals surface area (Å²) in [6.45, 7) is 5.67. The van der Waals surface area contributed by atoms with Crippen LogP contribution in [-0.4, -0.2) is 25.5 Å². The average molecular weight is 300 g/mol. The maximum atomic E-state index is 12.3. The highest BCUT2D eigenvalue weighted by molar-refractivity contribution is 7.89. The number of hydrogen-bond acceptors (Lipinski definition) is 4. The number of carboxylic acids is 1. The Labute approximate surface area is 119 Å². The average Bonchev–Trinajstić information content (AvgIpc) is 2.35. The zero-order valence-corrected chi connectivity index (χ0v) is 12.6. The van der Waals surface area contributed by atoms with Crippen LogP contribution in [0.15, 0.2) is 23.1 Å². The zero-order valence-electron chi connectivity index (χ0n) is 11.8. The van der Waals surface area contributed by atoms with Gasteiger partial charge in [-0.05, 0) is 30.5 Å². The van der Waals surface area contributed by atoms with Crippen LogP contribution >= 0.6 is 0 Å². The number of anilines is 1. The second kappa shape index (κ2) is 6.23. The third-order valence-electron chi connectivity index (χ3n) is 3.07. The molecular weight excluding hydrogens is 280 g/mol. The Morgan fingerprint density at radius 1 is 1.40 bits per heavy atom. The van der Waals surface area contributed by atoms with Crippen molar-refractivity contribution < 1.29 is 18.3 Å². The molecule has 0 radical (unpaired) electrons. The van der Waals surface area contributed by atoms with Crippen molar-refractivity contribution in [1.82, 2.24) is 4.72 Å². The second-order valence-corrected chi connectivity index (χ2v) is 6.62. The minimum Gasteiger partial charge on any atom is -0.478 e. The first-order chi connectivity index (χ1) is 9.19. The van der Waals surface area contributed by atoms with Crippen LogP contribution in [0.4, 0.5) is 5.69 Å². The molecule has 1 rings (SSSR count). The van der Waals surface area contributed by atoms with E-state index in [0.717, 1.165) is 6.07 Å². The van der Waals surface area contributed by atoms with Gasteiger partial charge in [-0.15, -0.1) is 0 Å². The molecule has 1 atom stereocenters. The van der Waals surface area contributed by atoms with Gasteiger partial charge in [0.1, 0.15) is 0 Å². The molecule has 0 saturated heterocycles. The Balaban J connectivity index is 3.25. The first kappa shape index (κ1) is 16.5. The monoisotopic (exact) mass is 300 g/mol. The summed E-state index contributed by atoms with van der Waals surface area (Å²) >= 11 is 0. The SMILES string of the molecule is CCC(NS(=O)(=O)c1ccc(N)cc1C(=O)O)C(C)C. The molecule has 0 fully saturated rings. The van der Waals surface area contributed by atoms with Crippen LogP contribution in [0.5, 0.6) is 0 Å². The van der Waals surface area contributed by atoms with E-state index in [9.17, 15) is 13.2 Å². The quantitative estimate of drug-likeness (QED) is 0.692.